The SMILES string of the molecule is CCCCC(OCC1c2ccccc2-c2ccccc21)Oc1ccc(C(C)CC)cc1. The van der Waals surface area contributed by atoms with E-state index in [0.29, 0.717) is 12.5 Å². The summed E-state index contributed by atoms with van der Waals surface area (Å²) in [5, 5.41) is 0. The van der Waals surface area contributed by atoms with Crippen molar-refractivity contribution in [2.45, 2.75) is 64.6 Å². The minimum atomic E-state index is -0.227. The lowest BCUT2D eigenvalue weighted by atomic mass is 9.98. The molecule has 0 aromatic heterocycles. The molecule has 0 fully saturated rings. The van der Waals surface area contributed by atoms with Gasteiger partial charge in [0.25, 0.3) is 0 Å². The van der Waals surface area contributed by atoms with Gasteiger partial charge in [0, 0.05) is 12.3 Å². The lowest BCUT2D eigenvalue weighted by Gasteiger charge is -2.23. The van der Waals surface area contributed by atoms with Crippen LogP contribution in [0.5, 0.6) is 5.75 Å². The summed E-state index contributed by atoms with van der Waals surface area (Å²) in [4.78, 5) is 0. The molecule has 0 aliphatic heterocycles. The average Bonchev–Trinajstić information content (AvgIpc) is 3.14. The van der Waals surface area contributed by atoms with Crippen molar-refractivity contribution >= 4 is 0 Å². The zero-order valence-corrected chi connectivity index (χ0v) is 19.0. The number of unbranched alkanes of at least 4 members (excludes halogenated alkanes) is 1. The van der Waals surface area contributed by atoms with Gasteiger partial charge < -0.3 is 9.47 Å². The van der Waals surface area contributed by atoms with Crippen molar-refractivity contribution in [2.75, 3.05) is 6.61 Å². The van der Waals surface area contributed by atoms with E-state index in [1.807, 2.05) is 0 Å². The van der Waals surface area contributed by atoms with E-state index in [-0.39, 0.29) is 12.2 Å². The molecule has 0 bridgehead atoms. The van der Waals surface area contributed by atoms with Crippen molar-refractivity contribution in [3.63, 3.8) is 0 Å². The minimum Gasteiger partial charge on any atom is -0.465 e. The molecule has 31 heavy (non-hydrogen) atoms. The summed E-state index contributed by atoms with van der Waals surface area (Å²) >= 11 is 0. The molecular weight excluding hydrogens is 380 g/mol. The van der Waals surface area contributed by atoms with E-state index in [2.05, 4.69) is 93.6 Å². The van der Waals surface area contributed by atoms with Gasteiger partial charge in [0.15, 0.2) is 6.29 Å². The Labute approximate surface area is 187 Å². The highest BCUT2D eigenvalue weighted by atomic mass is 16.7. The predicted molar refractivity (Wildman–Crippen MR) is 129 cm³/mol. The number of ether oxygens (including phenoxy) is 2. The molecule has 2 atom stereocenters. The van der Waals surface area contributed by atoms with Gasteiger partial charge in [0.05, 0.1) is 6.61 Å². The lowest BCUT2D eigenvalue weighted by molar-refractivity contribution is -0.0874. The lowest BCUT2D eigenvalue weighted by Crippen LogP contribution is -2.23. The first-order valence-electron chi connectivity index (χ1n) is 11.8. The topological polar surface area (TPSA) is 18.5 Å². The average molecular weight is 415 g/mol. The van der Waals surface area contributed by atoms with Crippen LogP contribution in [0.2, 0.25) is 0 Å². The van der Waals surface area contributed by atoms with Crippen LogP contribution < -0.4 is 4.74 Å². The predicted octanol–water partition coefficient (Wildman–Crippen LogP) is 7.92. The Hall–Kier alpha value is -2.58. The molecule has 0 amide bonds. The van der Waals surface area contributed by atoms with Gasteiger partial charge in [-0.3, -0.25) is 0 Å². The van der Waals surface area contributed by atoms with Gasteiger partial charge in [0.1, 0.15) is 5.75 Å². The summed E-state index contributed by atoms with van der Waals surface area (Å²) in [6.07, 6.45) is 4.04. The summed E-state index contributed by atoms with van der Waals surface area (Å²) in [7, 11) is 0. The van der Waals surface area contributed by atoms with Crippen molar-refractivity contribution in [1.82, 2.24) is 0 Å². The van der Waals surface area contributed by atoms with Crippen LogP contribution >= 0.6 is 0 Å². The van der Waals surface area contributed by atoms with Crippen LogP contribution in [-0.2, 0) is 4.74 Å². The molecule has 0 saturated heterocycles. The summed E-state index contributed by atoms with van der Waals surface area (Å²) in [6, 6.07) is 25.9. The van der Waals surface area contributed by atoms with Crippen molar-refractivity contribution < 1.29 is 9.47 Å². The summed E-state index contributed by atoms with van der Waals surface area (Å²) in [6.45, 7) is 7.33. The van der Waals surface area contributed by atoms with Crippen molar-refractivity contribution in [1.29, 1.82) is 0 Å². The van der Waals surface area contributed by atoms with Gasteiger partial charge in [-0.05, 0) is 58.7 Å². The van der Waals surface area contributed by atoms with Gasteiger partial charge >= 0.3 is 0 Å². The minimum absolute atomic E-state index is 0.227. The highest BCUT2D eigenvalue weighted by molar-refractivity contribution is 5.78. The molecule has 3 aromatic rings. The Morgan fingerprint density at radius 2 is 1.42 bits per heavy atom. The van der Waals surface area contributed by atoms with Crippen LogP contribution in [0.1, 0.15) is 75.0 Å². The second kappa shape index (κ2) is 10.2. The molecule has 4 rings (SSSR count). The molecule has 0 N–H and O–H groups in total. The number of fused-ring (bicyclic) bond motifs is 3. The van der Waals surface area contributed by atoms with Gasteiger partial charge in [-0.25, -0.2) is 0 Å². The van der Waals surface area contributed by atoms with Gasteiger partial charge in [0.2, 0.25) is 0 Å². The third-order valence-corrected chi connectivity index (χ3v) is 6.53. The van der Waals surface area contributed by atoms with E-state index >= 15 is 0 Å². The zero-order chi connectivity index (χ0) is 21.6. The van der Waals surface area contributed by atoms with Gasteiger partial charge in [-0.2, -0.15) is 0 Å². The third-order valence-electron chi connectivity index (χ3n) is 6.53. The number of benzene rings is 3. The Bertz CT molecular complexity index is 931. The maximum Gasteiger partial charge on any atom is 0.199 e. The third kappa shape index (κ3) is 4.85. The molecule has 0 radical (unpaired) electrons. The standard InChI is InChI=1S/C29H34O2/c1-4-6-15-29(31-23-18-16-22(17-19-23)21(3)5-2)30-20-28-26-13-9-7-11-24(26)25-12-8-10-14-27(25)28/h7-14,16-19,21,28-29H,4-6,15,20H2,1-3H3. The number of hydrogen-bond acceptors (Lipinski definition) is 2. The van der Waals surface area contributed by atoms with E-state index in [1.54, 1.807) is 0 Å². The van der Waals surface area contributed by atoms with E-state index < -0.39 is 0 Å². The van der Waals surface area contributed by atoms with Crippen LogP contribution in [0, 0.1) is 0 Å². The summed E-state index contributed by atoms with van der Waals surface area (Å²) in [5.41, 5.74) is 6.74. The zero-order valence-electron chi connectivity index (χ0n) is 19.0. The van der Waals surface area contributed by atoms with Crippen LogP contribution in [0.25, 0.3) is 11.1 Å². The molecule has 1 aliphatic rings. The fourth-order valence-corrected chi connectivity index (χ4v) is 4.45. The number of hydrogen-bond donors (Lipinski definition) is 0. The smallest absolute Gasteiger partial charge is 0.199 e. The quantitative estimate of drug-likeness (QED) is 0.314. The molecular formula is C29H34O2. The van der Waals surface area contributed by atoms with Gasteiger partial charge in [-0.15, -0.1) is 0 Å². The van der Waals surface area contributed by atoms with Crippen LogP contribution in [-0.4, -0.2) is 12.9 Å². The highest BCUT2D eigenvalue weighted by Crippen LogP contribution is 2.44. The van der Waals surface area contributed by atoms with E-state index in [0.717, 1.165) is 31.4 Å². The molecule has 0 saturated carbocycles. The summed E-state index contributed by atoms with van der Waals surface area (Å²) in [5.74, 6) is 1.72. The van der Waals surface area contributed by atoms with Crippen molar-refractivity contribution in [3.8, 4) is 16.9 Å². The largest absolute Gasteiger partial charge is 0.465 e. The Balaban J connectivity index is 1.47. The first kappa shape index (κ1) is 21.6. The molecule has 2 nitrogen and oxygen atoms in total. The first-order chi connectivity index (χ1) is 15.2. The fraction of sp³-hybridized carbons (Fsp3) is 0.379. The first-order valence-corrected chi connectivity index (χ1v) is 11.8. The van der Waals surface area contributed by atoms with E-state index in [4.69, 9.17) is 9.47 Å². The van der Waals surface area contributed by atoms with Crippen molar-refractivity contribution in [2.24, 2.45) is 0 Å². The number of rotatable bonds is 10. The Kier molecular flexibility index (Phi) is 7.09. The van der Waals surface area contributed by atoms with Crippen LogP contribution in [0.3, 0.4) is 0 Å². The Morgan fingerprint density at radius 3 is 2.00 bits per heavy atom. The Morgan fingerprint density at radius 1 is 0.806 bits per heavy atom. The van der Waals surface area contributed by atoms with Crippen LogP contribution in [0.15, 0.2) is 72.8 Å². The molecule has 3 aromatic carbocycles. The molecule has 162 valence electrons. The molecule has 0 spiro atoms. The maximum absolute atomic E-state index is 6.42. The summed E-state index contributed by atoms with van der Waals surface area (Å²) < 4.78 is 12.7. The van der Waals surface area contributed by atoms with E-state index in [1.165, 1.54) is 27.8 Å². The molecule has 1 aliphatic carbocycles. The second-order valence-corrected chi connectivity index (χ2v) is 8.63. The monoisotopic (exact) mass is 414 g/mol. The second-order valence-electron chi connectivity index (χ2n) is 8.63. The van der Waals surface area contributed by atoms with Crippen LogP contribution in [0.4, 0.5) is 0 Å². The van der Waals surface area contributed by atoms with Crippen molar-refractivity contribution in [3.05, 3.63) is 89.5 Å². The maximum atomic E-state index is 6.42. The molecule has 2 heteroatoms. The fourth-order valence-electron chi connectivity index (χ4n) is 4.45. The van der Waals surface area contributed by atoms with E-state index in [9.17, 15) is 0 Å². The molecule has 0 heterocycles. The molecule has 2 unspecified atom stereocenters. The highest BCUT2D eigenvalue weighted by Gasteiger charge is 2.29. The normalized spacial score (nSPS) is 14.7. The van der Waals surface area contributed by atoms with Gasteiger partial charge in [-0.1, -0.05) is 87.9 Å².